The zero-order chi connectivity index (χ0) is 15.3. The Morgan fingerprint density at radius 1 is 1.14 bits per heavy atom. The predicted octanol–water partition coefficient (Wildman–Crippen LogP) is 3.48. The van der Waals surface area contributed by atoms with Crippen molar-refractivity contribution in [1.82, 2.24) is 0 Å². The van der Waals surface area contributed by atoms with E-state index in [0.29, 0.717) is 23.2 Å². The van der Waals surface area contributed by atoms with Gasteiger partial charge in [-0.05, 0) is 62.0 Å². The van der Waals surface area contributed by atoms with Crippen LogP contribution in [0.15, 0.2) is 18.2 Å². The average Bonchev–Trinajstić information content (AvgIpc) is 2.70. The molecule has 22 heavy (non-hydrogen) atoms. The van der Waals surface area contributed by atoms with E-state index in [4.69, 9.17) is 5.26 Å². The van der Waals surface area contributed by atoms with Gasteiger partial charge in [-0.3, -0.25) is 10.1 Å². The molecule has 4 aliphatic rings. The van der Waals surface area contributed by atoms with Crippen LogP contribution < -0.4 is 4.90 Å². The van der Waals surface area contributed by atoms with Crippen LogP contribution in [0.3, 0.4) is 0 Å². The van der Waals surface area contributed by atoms with Gasteiger partial charge in [0.05, 0.1) is 16.6 Å². The molecule has 2 aliphatic heterocycles. The van der Waals surface area contributed by atoms with E-state index in [-0.39, 0.29) is 10.6 Å². The van der Waals surface area contributed by atoms with Gasteiger partial charge in [0.15, 0.2) is 0 Å². The first-order chi connectivity index (χ1) is 10.6. The molecule has 2 saturated heterocycles. The highest BCUT2D eigenvalue weighted by atomic mass is 16.6. The summed E-state index contributed by atoms with van der Waals surface area (Å²) in [6.07, 6.45) is 6.27. The Morgan fingerprint density at radius 3 is 2.45 bits per heavy atom. The van der Waals surface area contributed by atoms with E-state index < -0.39 is 0 Å². The lowest BCUT2D eigenvalue weighted by molar-refractivity contribution is -0.384. The van der Waals surface area contributed by atoms with Crippen molar-refractivity contribution in [3.63, 3.8) is 0 Å². The van der Waals surface area contributed by atoms with Gasteiger partial charge in [-0.2, -0.15) is 5.26 Å². The van der Waals surface area contributed by atoms with Crippen molar-refractivity contribution in [3.05, 3.63) is 33.9 Å². The van der Waals surface area contributed by atoms with Crippen LogP contribution in [-0.2, 0) is 0 Å². The van der Waals surface area contributed by atoms with E-state index in [9.17, 15) is 10.1 Å². The lowest BCUT2D eigenvalue weighted by Gasteiger charge is -2.39. The third kappa shape index (κ3) is 2.14. The summed E-state index contributed by atoms with van der Waals surface area (Å²) in [5, 5.41) is 20.4. The number of nitriles is 1. The lowest BCUT2D eigenvalue weighted by atomic mass is 9.68. The van der Waals surface area contributed by atoms with Gasteiger partial charge in [-0.15, -0.1) is 0 Å². The van der Waals surface area contributed by atoms with E-state index in [1.165, 1.54) is 38.2 Å². The number of nitro benzene ring substituents is 1. The SMILES string of the molecule is N#Cc1ccc(N2CC3CC4CC(C3)CC2C4)c([N+](=O)[O-])c1. The minimum Gasteiger partial charge on any atom is -0.363 e. The summed E-state index contributed by atoms with van der Waals surface area (Å²) >= 11 is 0. The highest BCUT2D eigenvalue weighted by Gasteiger charge is 2.43. The van der Waals surface area contributed by atoms with Gasteiger partial charge in [-0.1, -0.05) is 0 Å². The van der Waals surface area contributed by atoms with Crippen LogP contribution in [0, 0.1) is 39.2 Å². The van der Waals surface area contributed by atoms with Crippen LogP contribution in [0.1, 0.15) is 37.7 Å². The summed E-state index contributed by atoms with van der Waals surface area (Å²) in [7, 11) is 0. The summed E-state index contributed by atoms with van der Waals surface area (Å²) < 4.78 is 0. The van der Waals surface area contributed by atoms with Crippen LogP contribution >= 0.6 is 0 Å². The minimum absolute atomic E-state index is 0.0836. The van der Waals surface area contributed by atoms with E-state index in [0.717, 1.165) is 18.4 Å². The van der Waals surface area contributed by atoms with Gasteiger partial charge in [0.1, 0.15) is 5.69 Å². The Kier molecular flexibility index (Phi) is 3.07. The second-order valence-corrected chi connectivity index (χ2v) is 7.16. The predicted molar refractivity (Wildman–Crippen MR) is 82.5 cm³/mol. The quantitative estimate of drug-likeness (QED) is 0.619. The maximum atomic E-state index is 11.5. The molecule has 1 aromatic carbocycles. The molecule has 4 fully saturated rings. The molecule has 0 radical (unpaired) electrons. The molecule has 1 aromatic rings. The van der Waals surface area contributed by atoms with Crippen molar-refractivity contribution < 1.29 is 4.92 Å². The number of hydrogen-bond donors (Lipinski definition) is 0. The Morgan fingerprint density at radius 2 is 1.82 bits per heavy atom. The highest BCUT2D eigenvalue weighted by Crippen LogP contribution is 2.49. The Bertz CT molecular complexity index is 652. The second-order valence-electron chi connectivity index (χ2n) is 7.16. The molecule has 0 N–H and O–H groups in total. The maximum absolute atomic E-state index is 11.5. The fourth-order valence-electron chi connectivity index (χ4n) is 5.06. The molecule has 0 amide bonds. The number of nitrogens with zero attached hydrogens (tertiary/aromatic N) is 3. The molecule has 0 spiro atoms. The average molecular weight is 297 g/mol. The Hall–Kier alpha value is -2.09. The molecule has 4 bridgehead atoms. The molecule has 5 nitrogen and oxygen atoms in total. The number of rotatable bonds is 2. The first-order valence-electron chi connectivity index (χ1n) is 8.09. The largest absolute Gasteiger partial charge is 0.363 e. The third-order valence-corrected chi connectivity index (χ3v) is 5.72. The molecular formula is C17H19N3O2. The van der Waals surface area contributed by atoms with Crippen molar-refractivity contribution in [2.75, 3.05) is 11.4 Å². The van der Waals surface area contributed by atoms with Crippen molar-refractivity contribution >= 4 is 11.4 Å². The number of hydrogen-bond acceptors (Lipinski definition) is 4. The molecule has 114 valence electrons. The fraction of sp³-hybridized carbons (Fsp3) is 0.588. The summed E-state index contributed by atoms with van der Waals surface area (Å²) in [5.74, 6) is 2.29. The van der Waals surface area contributed by atoms with Crippen LogP contribution in [0.25, 0.3) is 0 Å². The minimum atomic E-state index is -0.342. The van der Waals surface area contributed by atoms with Gasteiger partial charge in [0, 0.05) is 18.7 Å². The molecular weight excluding hydrogens is 278 g/mol. The van der Waals surface area contributed by atoms with Crippen molar-refractivity contribution in [2.24, 2.45) is 17.8 Å². The lowest BCUT2D eigenvalue weighted by Crippen LogP contribution is -2.38. The van der Waals surface area contributed by atoms with Crippen LogP contribution in [-0.4, -0.2) is 17.5 Å². The molecule has 2 unspecified atom stereocenters. The summed E-state index contributed by atoms with van der Waals surface area (Å²) in [4.78, 5) is 13.4. The number of fused-ring (bicyclic) bond motifs is 1. The molecule has 2 atom stereocenters. The van der Waals surface area contributed by atoms with Crippen LogP contribution in [0.5, 0.6) is 0 Å². The summed E-state index contributed by atoms with van der Waals surface area (Å²) in [5.41, 5.74) is 1.15. The first kappa shape index (κ1) is 13.6. The molecule has 5 heteroatoms. The molecule has 2 aliphatic carbocycles. The summed E-state index contributed by atoms with van der Waals surface area (Å²) in [6, 6.07) is 7.34. The van der Waals surface area contributed by atoms with Crippen molar-refractivity contribution in [3.8, 4) is 6.07 Å². The zero-order valence-corrected chi connectivity index (χ0v) is 12.4. The van der Waals surface area contributed by atoms with Gasteiger partial charge in [-0.25, -0.2) is 0 Å². The first-order valence-corrected chi connectivity index (χ1v) is 8.09. The smallest absolute Gasteiger partial charge is 0.293 e. The fourth-order valence-corrected chi connectivity index (χ4v) is 5.06. The topological polar surface area (TPSA) is 70.2 Å². The number of anilines is 1. The highest BCUT2D eigenvalue weighted by molar-refractivity contribution is 5.66. The van der Waals surface area contributed by atoms with Gasteiger partial charge in [0.2, 0.25) is 0 Å². The van der Waals surface area contributed by atoms with E-state index in [2.05, 4.69) is 4.90 Å². The van der Waals surface area contributed by atoms with Crippen LogP contribution in [0.4, 0.5) is 11.4 Å². The Balaban J connectivity index is 1.75. The van der Waals surface area contributed by atoms with Gasteiger partial charge >= 0.3 is 0 Å². The number of benzene rings is 1. The van der Waals surface area contributed by atoms with E-state index in [1.54, 1.807) is 12.1 Å². The third-order valence-electron chi connectivity index (χ3n) is 5.72. The second kappa shape index (κ2) is 4.98. The van der Waals surface area contributed by atoms with Crippen molar-refractivity contribution in [2.45, 2.75) is 38.1 Å². The Labute approximate surface area is 129 Å². The zero-order valence-electron chi connectivity index (χ0n) is 12.4. The van der Waals surface area contributed by atoms with E-state index >= 15 is 0 Å². The maximum Gasteiger partial charge on any atom is 0.293 e. The molecule has 0 aromatic heterocycles. The summed E-state index contributed by atoms with van der Waals surface area (Å²) in [6.45, 7) is 0.935. The van der Waals surface area contributed by atoms with Gasteiger partial charge < -0.3 is 4.90 Å². The van der Waals surface area contributed by atoms with Crippen molar-refractivity contribution in [1.29, 1.82) is 5.26 Å². The normalized spacial score (nSPS) is 32.6. The van der Waals surface area contributed by atoms with Crippen LogP contribution in [0.2, 0.25) is 0 Å². The molecule has 2 saturated carbocycles. The number of nitro groups is 1. The standard InChI is InChI=1S/C17H19N3O2/c18-9-11-1-2-16(17(8-11)20(21)22)19-10-14-4-12-3-13(5-14)7-15(19)6-12/h1-2,8,12-15H,3-7,10H2. The van der Waals surface area contributed by atoms with Gasteiger partial charge in [0.25, 0.3) is 5.69 Å². The van der Waals surface area contributed by atoms with E-state index in [1.807, 2.05) is 6.07 Å². The molecule has 5 rings (SSSR count). The molecule has 2 heterocycles. The monoisotopic (exact) mass is 297 g/mol.